The molecule has 0 N–H and O–H groups in total. The van der Waals surface area contributed by atoms with Crippen molar-refractivity contribution in [1.29, 1.82) is 0 Å². The standard InChI is InChI=1S/C15H22N2Si2/c1-15(2,18-13-9-5-7-11-16-13)19(3,4)14-10-6-8-12-17-14/h5-12H,18H2,1-4H3. The molecule has 2 aromatic heterocycles. The van der Waals surface area contributed by atoms with Crippen LogP contribution in [0.4, 0.5) is 0 Å². The molecule has 0 aromatic carbocycles. The minimum Gasteiger partial charge on any atom is -0.267 e. The van der Waals surface area contributed by atoms with Gasteiger partial charge < -0.3 is 0 Å². The lowest BCUT2D eigenvalue weighted by Gasteiger charge is -2.39. The summed E-state index contributed by atoms with van der Waals surface area (Å²) in [7, 11) is -2.00. The third kappa shape index (κ3) is 3.01. The van der Waals surface area contributed by atoms with Crippen LogP contribution in [0, 0.1) is 0 Å². The van der Waals surface area contributed by atoms with Gasteiger partial charge in [-0.3, -0.25) is 9.97 Å². The molecular weight excluding hydrogens is 264 g/mol. The van der Waals surface area contributed by atoms with Crippen molar-refractivity contribution in [3.63, 3.8) is 0 Å². The summed E-state index contributed by atoms with van der Waals surface area (Å²) in [5.41, 5.74) is 0. The van der Waals surface area contributed by atoms with Gasteiger partial charge in [0.1, 0.15) is 8.07 Å². The number of pyridine rings is 2. The van der Waals surface area contributed by atoms with E-state index in [1.165, 1.54) is 10.6 Å². The van der Waals surface area contributed by atoms with Crippen LogP contribution < -0.4 is 10.6 Å². The Kier molecular flexibility index (Phi) is 4.01. The average Bonchev–Trinajstić information content (AvgIpc) is 2.40. The summed E-state index contributed by atoms with van der Waals surface area (Å²) in [5.74, 6) is 0. The number of nitrogens with zero attached hydrogens (tertiary/aromatic N) is 2. The molecule has 0 aliphatic carbocycles. The number of hydrogen-bond acceptors (Lipinski definition) is 2. The Morgan fingerprint density at radius 3 is 2.11 bits per heavy atom. The molecule has 0 bridgehead atoms. The first-order valence-corrected chi connectivity index (χ1v) is 11.2. The molecule has 2 rings (SSSR count). The van der Waals surface area contributed by atoms with Crippen LogP contribution in [0.2, 0.25) is 17.8 Å². The Labute approximate surface area is 119 Å². The Morgan fingerprint density at radius 2 is 1.58 bits per heavy atom. The van der Waals surface area contributed by atoms with Gasteiger partial charge in [-0.25, -0.2) is 0 Å². The first-order chi connectivity index (χ1) is 8.93. The fourth-order valence-corrected chi connectivity index (χ4v) is 8.07. The van der Waals surface area contributed by atoms with E-state index in [0.717, 1.165) is 0 Å². The van der Waals surface area contributed by atoms with E-state index in [0.29, 0.717) is 4.66 Å². The van der Waals surface area contributed by atoms with Gasteiger partial charge in [-0.1, -0.05) is 39.1 Å². The van der Waals surface area contributed by atoms with Crippen molar-refractivity contribution in [3.05, 3.63) is 48.8 Å². The summed E-state index contributed by atoms with van der Waals surface area (Å²) < 4.78 is 0.357. The highest BCUT2D eigenvalue weighted by atomic mass is 28.4. The molecule has 19 heavy (non-hydrogen) atoms. The van der Waals surface area contributed by atoms with Crippen LogP contribution in [0.15, 0.2) is 48.8 Å². The van der Waals surface area contributed by atoms with Gasteiger partial charge in [0.25, 0.3) is 0 Å². The largest absolute Gasteiger partial charge is 0.267 e. The van der Waals surface area contributed by atoms with Crippen LogP contribution in [0.3, 0.4) is 0 Å². The zero-order chi connectivity index (χ0) is 13.9. The molecule has 0 aliphatic rings. The van der Waals surface area contributed by atoms with Gasteiger partial charge in [0.15, 0.2) is 0 Å². The average molecular weight is 287 g/mol. The maximum atomic E-state index is 4.62. The molecule has 0 radical (unpaired) electrons. The van der Waals surface area contributed by atoms with E-state index in [4.69, 9.17) is 0 Å². The smallest absolute Gasteiger partial charge is 0.107 e. The molecule has 100 valence electrons. The van der Waals surface area contributed by atoms with E-state index >= 15 is 0 Å². The van der Waals surface area contributed by atoms with Crippen molar-refractivity contribution < 1.29 is 0 Å². The fourth-order valence-electron chi connectivity index (χ4n) is 2.26. The molecule has 2 aromatic rings. The van der Waals surface area contributed by atoms with Gasteiger partial charge in [0.05, 0.1) is 9.52 Å². The zero-order valence-electron chi connectivity index (χ0n) is 12.2. The molecule has 0 aliphatic heterocycles. The SMILES string of the molecule is CC(C)([SiH2]c1ccccn1)[Si](C)(C)c1ccccn1. The van der Waals surface area contributed by atoms with Crippen LogP contribution in [-0.4, -0.2) is 27.6 Å². The highest BCUT2D eigenvalue weighted by molar-refractivity contribution is 6.99. The van der Waals surface area contributed by atoms with Crippen molar-refractivity contribution in [2.45, 2.75) is 31.6 Å². The monoisotopic (exact) mass is 286 g/mol. The lowest BCUT2D eigenvalue weighted by Crippen LogP contribution is -2.56. The number of aromatic nitrogens is 2. The van der Waals surface area contributed by atoms with Crippen LogP contribution in [-0.2, 0) is 0 Å². The maximum Gasteiger partial charge on any atom is 0.107 e. The molecule has 2 heterocycles. The van der Waals surface area contributed by atoms with E-state index in [2.05, 4.69) is 61.2 Å². The van der Waals surface area contributed by atoms with Gasteiger partial charge in [0.2, 0.25) is 0 Å². The Hall–Kier alpha value is -1.27. The van der Waals surface area contributed by atoms with Crippen LogP contribution in [0.25, 0.3) is 0 Å². The minimum absolute atomic E-state index is 0.357. The second-order valence-electron chi connectivity index (χ2n) is 6.22. The first kappa shape index (κ1) is 14.1. The van der Waals surface area contributed by atoms with Crippen LogP contribution in [0.1, 0.15) is 13.8 Å². The second-order valence-corrected chi connectivity index (χ2v) is 14.9. The summed E-state index contributed by atoms with van der Waals surface area (Å²) in [6.45, 7) is 9.69. The van der Waals surface area contributed by atoms with Crippen molar-refractivity contribution in [2.75, 3.05) is 0 Å². The molecule has 0 saturated carbocycles. The van der Waals surface area contributed by atoms with Crippen molar-refractivity contribution in [3.8, 4) is 0 Å². The lowest BCUT2D eigenvalue weighted by molar-refractivity contribution is 0.907. The van der Waals surface area contributed by atoms with E-state index in [-0.39, 0.29) is 0 Å². The maximum absolute atomic E-state index is 4.62. The van der Waals surface area contributed by atoms with Gasteiger partial charge in [-0.05, 0) is 28.9 Å². The predicted molar refractivity (Wildman–Crippen MR) is 87.8 cm³/mol. The Morgan fingerprint density at radius 1 is 0.947 bits per heavy atom. The molecule has 0 amide bonds. The van der Waals surface area contributed by atoms with Gasteiger partial charge >= 0.3 is 0 Å². The fraction of sp³-hybridized carbons (Fsp3) is 0.333. The number of rotatable bonds is 4. The molecule has 0 spiro atoms. The second kappa shape index (κ2) is 5.39. The van der Waals surface area contributed by atoms with Crippen molar-refractivity contribution in [2.24, 2.45) is 0 Å². The highest BCUT2D eigenvalue weighted by Gasteiger charge is 2.42. The summed E-state index contributed by atoms with van der Waals surface area (Å²) in [5, 5.41) is 2.62. The zero-order valence-corrected chi connectivity index (χ0v) is 14.6. The van der Waals surface area contributed by atoms with E-state index < -0.39 is 17.6 Å². The van der Waals surface area contributed by atoms with Crippen LogP contribution in [0.5, 0.6) is 0 Å². The quantitative estimate of drug-likeness (QED) is 0.798. The first-order valence-electron chi connectivity index (χ1n) is 6.75. The molecule has 0 saturated heterocycles. The molecular formula is C15H22N2Si2. The molecule has 0 unspecified atom stereocenters. The molecule has 0 fully saturated rings. The van der Waals surface area contributed by atoms with Gasteiger partial charge in [0, 0.05) is 23.0 Å². The Balaban J connectivity index is 2.28. The van der Waals surface area contributed by atoms with E-state index in [1.807, 2.05) is 24.5 Å². The van der Waals surface area contributed by atoms with E-state index in [1.54, 1.807) is 0 Å². The van der Waals surface area contributed by atoms with Crippen molar-refractivity contribution in [1.82, 2.24) is 9.97 Å². The molecule has 2 nitrogen and oxygen atoms in total. The minimum atomic E-state index is -1.58. The summed E-state index contributed by atoms with van der Waals surface area (Å²) >= 11 is 0. The highest BCUT2D eigenvalue weighted by Crippen LogP contribution is 2.34. The lowest BCUT2D eigenvalue weighted by atomic mass is 10.5. The summed E-state index contributed by atoms with van der Waals surface area (Å²) in [6, 6.07) is 12.6. The third-order valence-electron chi connectivity index (χ3n) is 4.35. The van der Waals surface area contributed by atoms with E-state index in [9.17, 15) is 0 Å². The normalized spacial score (nSPS) is 13.1. The summed E-state index contributed by atoms with van der Waals surface area (Å²) in [4.78, 5) is 9.16. The van der Waals surface area contributed by atoms with Gasteiger partial charge in [-0.15, -0.1) is 0 Å². The van der Waals surface area contributed by atoms with Crippen molar-refractivity contribution >= 4 is 28.2 Å². The molecule has 4 heteroatoms. The predicted octanol–water partition coefficient (Wildman–Crippen LogP) is 1.62. The Bertz CT molecular complexity index is 524. The topological polar surface area (TPSA) is 25.8 Å². The number of hydrogen-bond donors (Lipinski definition) is 0. The third-order valence-corrected chi connectivity index (χ3v) is 14.2. The summed E-state index contributed by atoms with van der Waals surface area (Å²) in [6.07, 6.45) is 3.83. The van der Waals surface area contributed by atoms with Crippen LogP contribution >= 0.6 is 0 Å². The molecule has 0 atom stereocenters. The van der Waals surface area contributed by atoms with Gasteiger partial charge in [-0.2, -0.15) is 0 Å².